The molecule has 0 saturated heterocycles. The van der Waals surface area contributed by atoms with E-state index < -0.39 is 26.9 Å². The summed E-state index contributed by atoms with van der Waals surface area (Å²) in [6, 6.07) is 10.2. The Morgan fingerprint density at radius 2 is 1.78 bits per heavy atom. The Labute approximate surface area is 134 Å². The van der Waals surface area contributed by atoms with E-state index in [2.05, 4.69) is 4.72 Å². The number of anilines is 2. The summed E-state index contributed by atoms with van der Waals surface area (Å²) in [5, 5.41) is -0.694. The number of hydrogen-bond acceptors (Lipinski definition) is 4. The molecule has 0 unspecified atom stereocenters. The number of nitrogens with two attached hydrogens (primary N) is 1. The molecule has 3 N–H and O–H groups in total. The molecule has 0 heterocycles. The fourth-order valence-corrected chi connectivity index (χ4v) is 2.59. The zero-order chi connectivity index (χ0) is 17.2. The van der Waals surface area contributed by atoms with Crippen molar-refractivity contribution >= 4 is 27.2 Å². The largest absolute Gasteiger partial charge is 0.397 e. The third-order valence-corrected chi connectivity index (χ3v) is 5.04. The molecule has 0 amide bonds. The standard InChI is InChI=1S/C16H17FN2O3S/c1-10(2)23(21,22)19-15-8-12(13(17)9-14(15)18)16(20)11-6-4-3-5-7-11/h3-10,19H,18H2,1-2H3. The predicted octanol–water partition coefficient (Wildman–Crippen LogP) is 2.79. The van der Waals surface area contributed by atoms with Crippen molar-refractivity contribution in [1.82, 2.24) is 0 Å². The van der Waals surface area contributed by atoms with Crippen LogP contribution in [0.2, 0.25) is 0 Å². The van der Waals surface area contributed by atoms with Crippen LogP contribution in [-0.4, -0.2) is 19.5 Å². The molecule has 5 nitrogen and oxygen atoms in total. The lowest BCUT2D eigenvalue weighted by Gasteiger charge is -2.14. The van der Waals surface area contributed by atoms with Gasteiger partial charge >= 0.3 is 0 Å². The fraction of sp³-hybridized carbons (Fsp3) is 0.188. The molecule has 23 heavy (non-hydrogen) atoms. The number of hydrogen-bond donors (Lipinski definition) is 2. The van der Waals surface area contributed by atoms with Crippen molar-refractivity contribution in [2.75, 3.05) is 10.5 Å². The third-order valence-electron chi connectivity index (χ3n) is 3.29. The number of nitrogens with one attached hydrogen (secondary N) is 1. The topological polar surface area (TPSA) is 89.3 Å². The second-order valence-corrected chi connectivity index (χ2v) is 7.55. The van der Waals surface area contributed by atoms with Gasteiger partial charge in [-0.2, -0.15) is 0 Å². The maximum Gasteiger partial charge on any atom is 0.235 e. The number of nitrogen functional groups attached to an aromatic ring is 1. The Hall–Kier alpha value is -2.41. The first kappa shape index (κ1) is 17.0. The summed E-state index contributed by atoms with van der Waals surface area (Å²) in [5.41, 5.74) is 5.61. The number of carbonyl (C=O) groups excluding carboxylic acids is 1. The van der Waals surface area contributed by atoms with Gasteiger partial charge in [-0.15, -0.1) is 0 Å². The highest BCUT2D eigenvalue weighted by Gasteiger charge is 2.21. The van der Waals surface area contributed by atoms with Gasteiger partial charge in [-0.05, 0) is 26.0 Å². The molecule has 0 aromatic heterocycles. The predicted molar refractivity (Wildman–Crippen MR) is 88.4 cm³/mol. The van der Waals surface area contributed by atoms with Gasteiger partial charge < -0.3 is 5.73 Å². The van der Waals surface area contributed by atoms with Crippen LogP contribution >= 0.6 is 0 Å². The highest BCUT2D eigenvalue weighted by atomic mass is 32.2. The van der Waals surface area contributed by atoms with Crippen LogP contribution in [0.15, 0.2) is 42.5 Å². The van der Waals surface area contributed by atoms with E-state index in [1.165, 1.54) is 13.8 Å². The average Bonchev–Trinajstić information content (AvgIpc) is 2.50. The Kier molecular flexibility index (Phi) is 4.70. The van der Waals surface area contributed by atoms with E-state index in [1.807, 2.05) is 0 Å². The monoisotopic (exact) mass is 336 g/mol. The highest BCUT2D eigenvalue weighted by molar-refractivity contribution is 7.93. The van der Waals surface area contributed by atoms with E-state index in [4.69, 9.17) is 5.73 Å². The lowest BCUT2D eigenvalue weighted by molar-refractivity contribution is 0.103. The van der Waals surface area contributed by atoms with Crippen molar-refractivity contribution in [3.63, 3.8) is 0 Å². The van der Waals surface area contributed by atoms with E-state index >= 15 is 0 Å². The van der Waals surface area contributed by atoms with Crippen molar-refractivity contribution in [3.8, 4) is 0 Å². The quantitative estimate of drug-likeness (QED) is 0.649. The molecule has 0 bridgehead atoms. The van der Waals surface area contributed by atoms with Gasteiger partial charge in [-0.1, -0.05) is 30.3 Å². The smallest absolute Gasteiger partial charge is 0.235 e. The summed E-state index contributed by atoms with van der Waals surface area (Å²) in [6.45, 7) is 3.00. The second kappa shape index (κ2) is 6.37. The summed E-state index contributed by atoms with van der Waals surface area (Å²) < 4.78 is 40.3. The van der Waals surface area contributed by atoms with Crippen molar-refractivity contribution < 1.29 is 17.6 Å². The first-order chi connectivity index (χ1) is 10.7. The van der Waals surface area contributed by atoms with Crippen LogP contribution in [0.1, 0.15) is 29.8 Å². The molecular formula is C16H17FN2O3S. The fourth-order valence-electron chi connectivity index (χ4n) is 1.87. The minimum atomic E-state index is -3.66. The van der Waals surface area contributed by atoms with Crippen LogP contribution in [0.25, 0.3) is 0 Å². The average molecular weight is 336 g/mol. The van der Waals surface area contributed by atoms with Gasteiger partial charge in [0.25, 0.3) is 0 Å². The van der Waals surface area contributed by atoms with Gasteiger partial charge in [0, 0.05) is 5.56 Å². The second-order valence-electron chi connectivity index (χ2n) is 5.31. The third kappa shape index (κ3) is 3.68. The number of ketones is 1. The number of sulfonamides is 1. The molecule has 0 fully saturated rings. The first-order valence-electron chi connectivity index (χ1n) is 6.93. The molecule has 7 heteroatoms. The van der Waals surface area contributed by atoms with Crippen molar-refractivity contribution in [2.24, 2.45) is 0 Å². The molecule has 122 valence electrons. The summed E-state index contributed by atoms with van der Waals surface area (Å²) in [4.78, 5) is 12.4. The summed E-state index contributed by atoms with van der Waals surface area (Å²) in [5.74, 6) is -1.35. The van der Waals surface area contributed by atoms with E-state index in [-0.39, 0.29) is 16.9 Å². The Morgan fingerprint density at radius 3 is 2.35 bits per heavy atom. The Morgan fingerprint density at radius 1 is 1.17 bits per heavy atom. The molecule has 2 aromatic carbocycles. The van der Waals surface area contributed by atoms with Gasteiger partial charge in [0.15, 0.2) is 5.78 Å². The molecular weight excluding hydrogens is 319 g/mol. The van der Waals surface area contributed by atoms with Crippen molar-refractivity contribution in [3.05, 3.63) is 59.4 Å². The highest BCUT2D eigenvalue weighted by Crippen LogP contribution is 2.26. The van der Waals surface area contributed by atoms with Gasteiger partial charge in [0.1, 0.15) is 5.82 Å². The normalized spacial score (nSPS) is 11.5. The molecule has 0 saturated carbocycles. The maximum atomic E-state index is 14.1. The van der Waals surface area contributed by atoms with Gasteiger partial charge in [0.05, 0.1) is 22.2 Å². The SMILES string of the molecule is CC(C)S(=O)(=O)Nc1cc(C(=O)c2ccccc2)c(F)cc1N. The van der Waals surface area contributed by atoms with Crippen LogP contribution < -0.4 is 10.5 Å². The molecule has 2 rings (SSSR count). The van der Waals surface area contributed by atoms with Crippen LogP contribution in [-0.2, 0) is 10.0 Å². The minimum Gasteiger partial charge on any atom is -0.397 e. The first-order valence-corrected chi connectivity index (χ1v) is 8.47. The summed E-state index contributed by atoms with van der Waals surface area (Å²) >= 11 is 0. The molecule has 0 atom stereocenters. The van der Waals surface area contributed by atoms with Gasteiger partial charge in [-0.25, -0.2) is 12.8 Å². The molecule has 0 radical (unpaired) electrons. The number of benzene rings is 2. The minimum absolute atomic E-state index is 0.0145. The zero-order valence-electron chi connectivity index (χ0n) is 12.7. The number of halogens is 1. The van der Waals surface area contributed by atoms with Gasteiger partial charge in [0.2, 0.25) is 10.0 Å². The summed E-state index contributed by atoms with van der Waals surface area (Å²) in [6.07, 6.45) is 0. The van der Waals surface area contributed by atoms with Crippen LogP contribution in [0.3, 0.4) is 0 Å². The molecule has 0 aliphatic rings. The van der Waals surface area contributed by atoms with Crippen molar-refractivity contribution in [1.29, 1.82) is 0 Å². The molecule has 0 spiro atoms. The van der Waals surface area contributed by atoms with E-state index in [0.717, 1.165) is 12.1 Å². The maximum absolute atomic E-state index is 14.1. The van der Waals surface area contributed by atoms with Crippen LogP contribution in [0.4, 0.5) is 15.8 Å². The van der Waals surface area contributed by atoms with Crippen LogP contribution in [0, 0.1) is 5.82 Å². The van der Waals surface area contributed by atoms with Crippen molar-refractivity contribution in [2.45, 2.75) is 19.1 Å². The molecule has 2 aromatic rings. The Bertz CT molecular complexity index is 834. The van der Waals surface area contributed by atoms with E-state index in [0.29, 0.717) is 5.56 Å². The molecule has 0 aliphatic carbocycles. The molecule has 0 aliphatic heterocycles. The van der Waals surface area contributed by atoms with Crippen LogP contribution in [0.5, 0.6) is 0 Å². The van der Waals surface area contributed by atoms with Gasteiger partial charge in [-0.3, -0.25) is 9.52 Å². The lowest BCUT2D eigenvalue weighted by atomic mass is 10.0. The number of rotatable bonds is 5. The zero-order valence-corrected chi connectivity index (χ0v) is 13.5. The van der Waals surface area contributed by atoms with E-state index in [9.17, 15) is 17.6 Å². The number of carbonyl (C=O) groups is 1. The lowest BCUT2D eigenvalue weighted by Crippen LogP contribution is -2.23. The summed E-state index contributed by atoms with van der Waals surface area (Å²) in [7, 11) is -3.66. The van der Waals surface area contributed by atoms with E-state index in [1.54, 1.807) is 30.3 Å². The Balaban J connectivity index is 2.47.